The lowest BCUT2D eigenvalue weighted by molar-refractivity contribution is 0.0822. The van der Waals surface area contributed by atoms with E-state index in [4.69, 9.17) is 0 Å². The number of β-amino-alcohol motifs (C(OH)–C–C–N with tert-alkyl or cyclic N) is 1. The fourth-order valence-electron chi connectivity index (χ4n) is 2.27. The molecule has 1 aromatic rings. The third-order valence-corrected chi connectivity index (χ3v) is 4.13. The molecule has 1 aliphatic carbocycles. The molecule has 6 heteroatoms. The van der Waals surface area contributed by atoms with E-state index >= 15 is 0 Å². The van der Waals surface area contributed by atoms with Crippen LogP contribution in [-0.4, -0.2) is 17.3 Å². The Morgan fingerprint density at radius 1 is 1.61 bits per heavy atom. The Balaban J connectivity index is 1.96. The van der Waals surface area contributed by atoms with Gasteiger partial charge >= 0.3 is 0 Å². The highest BCUT2D eigenvalue weighted by Gasteiger charge is 2.34. The molecule has 1 unspecified atom stereocenters. The van der Waals surface area contributed by atoms with Crippen molar-refractivity contribution < 1.29 is 9.50 Å². The van der Waals surface area contributed by atoms with Crippen LogP contribution in [0.1, 0.15) is 12.0 Å². The minimum absolute atomic E-state index is 0.207. The fraction of sp³-hybridized carbons (Fsp3) is 0.333. The van der Waals surface area contributed by atoms with Gasteiger partial charge in [0, 0.05) is 5.56 Å². The van der Waals surface area contributed by atoms with Crippen molar-refractivity contribution in [1.29, 1.82) is 0 Å². The van der Waals surface area contributed by atoms with Gasteiger partial charge in [-0.05, 0) is 42.0 Å². The molecule has 2 aliphatic rings. The van der Waals surface area contributed by atoms with Gasteiger partial charge in [-0.25, -0.2) is 4.39 Å². The number of fused-ring (bicyclic) bond motifs is 1. The van der Waals surface area contributed by atoms with Gasteiger partial charge in [0.1, 0.15) is 11.4 Å². The Morgan fingerprint density at radius 3 is 2.94 bits per heavy atom. The highest BCUT2D eigenvalue weighted by molar-refractivity contribution is 14.1. The van der Waals surface area contributed by atoms with Crippen molar-refractivity contribution in [3.8, 4) is 0 Å². The molecular weight excluding hydrogens is 348 g/mol. The summed E-state index contributed by atoms with van der Waals surface area (Å²) in [4.78, 5) is 0. The number of hydrazine groups is 2. The Hall–Kier alpha value is -0.860. The van der Waals surface area contributed by atoms with Gasteiger partial charge in [0.15, 0.2) is 0 Å². The largest absolute Gasteiger partial charge is 0.384 e. The lowest BCUT2D eigenvalue weighted by Crippen LogP contribution is -2.49. The monoisotopic (exact) mass is 361 g/mol. The van der Waals surface area contributed by atoms with Crippen LogP contribution >= 0.6 is 22.6 Å². The topological polar surface area (TPSA) is 47.5 Å². The lowest BCUT2D eigenvalue weighted by atomic mass is 9.89. The van der Waals surface area contributed by atoms with Crippen LogP contribution in [0.25, 0.3) is 0 Å². The fourth-order valence-corrected chi connectivity index (χ4v) is 2.99. The Labute approximate surface area is 118 Å². The van der Waals surface area contributed by atoms with Crippen LogP contribution in [0, 0.1) is 16.3 Å². The summed E-state index contributed by atoms with van der Waals surface area (Å²) >= 11 is 1.98. The van der Waals surface area contributed by atoms with Crippen LogP contribution < -0.4 is 16.0 Å². The first-order chi connectivity index (χ1) is 8.50. The average Bonchev–Trinajstić information content (AvgIpc) is 2.67. The molecule has 1 aliphatic heterocycles. The Morgan fingerprint density at radius 2 is 2.33 bits per heavy atom. The number of hydrogen-bond donors (Lipinski definition) is 3. The molecule has 0 fully saturated rings. The number of nitrogens with one attached hydrogen (secondary N) is 2. The molecule has 0 radical (unpaired) electrons. The summed E-state index contributed by atoms with van der Waals surface area (Å²) in [5, 5.41) is 11.9. The SMILES string of the molecule is Cc1c(F)c(I)cc2c1N(CC1(O)C=CC1)NN2. The van der Waals surface area contributed by atoms with Crippen molar-refractivity contribution in [2.75, 3.05) is 17.0 Å². The summed E-state index contributed by atoms with van der Waals surface area (Å²) in [5.41, 5.74) is 7.33. The summed E-state index contributed by atoms with van der Waals surface area (Å²) < 4.78 is 14.5. The normalized spacial score (nSPS) is 24.8. The summed E-state index contributed by atoms with van der Waals surface area (Å²) in [6.07, 6.45) is 4.32. The molecule has 1 aromatic carbocycles. The van der Waals surface area contributed by atoms with Crippen LogP contribution in [0.5, 0.6) is 0 Å². The van der Waals surface area contributed by atoms with Gasteiger partial charge in [-0.3, -0.25) is 5.01 Å². The second-order valence-electron chi connectivity index (χ2n) is 4.73. The van der Waals surface area contributed by atoms with E-state index < -0.39 is 5.60 Å². The zero-order chi connectivity index (χ0) is 12.9. The zero-order valence-corrected chi connectivity index (χ0v) is 12.0. The molecule has 3 rings (SSSR count). The third kappa shape index (κ3) is 1.79. The molecule has 0 spiro atoms. The van der Waals surface area contributed by atoms with E-state index in [1.165, 1.54) is 0 Å². The lowest BCUT2D eigenvalue weighted by Gasteiger charge is -2.34. The van der Waals surface area contributed by atoms with Crippen molar-refractivity contribution in [2.24, 2.45) is 0 Å². The van der Waals surface area contributed by atoms with Crippen LogP contribution in [0.2, 0.25) is 0 Å². The van der Waals surface area contributed by atoms with Gasteiger partial charge in [0.2, 0.25) is 0 Å². The number of benzene rings is 1. The van der Waals surface area contributed by atoms with Gasteiger partial charge in [-0.2, -0.15) is 0 Å². The summed E-state index contributed by atoms with van der Waals surface area (Å²) in [6, 6.07) is 1.76. The zero-order valence-electron chi connectivity index (χ0n) is 9.80. The van der Waals surface area contributed by atoms with E-state index in [0.29, 0.717) is 22.1 Å². The van der Waals surface area contributed by atoms with Crippen LogP contribution in [-0.2, 0) is 0 Å². The highest BCUT2D eigenvalue weighted by Crippen LogP contribution is 2.38. The Bertz CT molecular complexity index is 549. The van der Waals surface area contributed by atoms with Crippen molar-refractivity contribution >= 4 is 34.0 Å². The molecule has 0 amide bonds. The third-order valence-electron chi connectivity index (χ3n) is 3.35. The summed E-state index contributed by atoms with van der Waals surface area (Å²) in [5.74, 6) is -0.207. The molecule has 1 atom stereocenters. The standard InChI is InChI=1S/C12H13FIN3O/c1-7-10(13)8(14)5-9-11(7)17(16-15-9)6-12(18)3-2-4-12/h2-3,5,15-16,18H,4,6H2,1H3. The number of halogens is 2. The van der Waals surface area contributed by atoms with Gasteiger partial charge in [0.25, 0.3) is 0 Å². The number of hydrogen-bond acceptors (Lipinski definition) is 4. The number of aliphatic hydroxyl groups is 1. The maximum absolute atomic E-state index is 13.9. The van der Waals surface area contributed by atoms with E-state index in [-0.39, 0.29) is 5.82 Å². The quantitative estimate of drug-likeness (QED) is 0.558. The van der Waals surface area contributed by atoms with Gasteiger partial charge in [0.05, 0.1) is 21.5 Å². The second-order valence-corrected chi connectivity index (χ2v) is 5.89. The molecule has 1 heterocycles. The molecule has 4 nitrogen and oxygen atoms in total. The van der Waals surface area contributed by atoms with Crippen LogP contribution in [0.4, 0.5) is 15.8 Å². The van der Waals surface area contributed by atoms with E-state index in [2.05, 4.69) is 11.0 Å². The van der Waals surface area contributed by atoms with Crippen molar-refractivity contribution in [3.63, 3.8) is 0 Å². The van der Waals surface area contributed by atoms with Gasteiger partial charge in [-0.1, -0.05) is 12.2 Å². The van der Waals surface area contributed by atoms with Crippen molar-refractivity contribution in [2.45, 2.75) is 18.9 Å². The number of rotatable bonds is 2. The molecule has 0 saturated carbocycles. The van der Waals surface area contributed by atoms with Crippen LogP contribution in [0.3, 0.4) is 0 Å². The molecule has 96 valence electrons. The average molecular weight is 361 g/mol. The van der Waals surface area contributed by atoms with E-state index in [1.54, 1.807) is 24.1 Å². The predicted octanol–water partition coefficient (Wildman–Crippen LogP) is 2.08. The molecule has 3 N–H and O–H groups in total. The Kier molecular flexibility index (Phi) is 2.76. The first kappa shape index (κ1) is 12.2. The molecular formula is C12H13FIN3O. The maximum Gasteiger partial charge on any atom is 0.141 e. The van der Waals surface area contributed by atoms with E-state index in [0.717, 1.165) is 11.4 Å². The first-order valence-electron chi connectivity index (χ1n) is 5.68. The minimum atomic E-state index is -0.817. The van der Waals surface area contributed by atoms with Crippen molar-refractivity contribution in [1.82, 2.24) is 5.53 Å². The maximum atomic E-state index is 13.9. The highest BCUT2D eigenvalue weighted by atomic mass is 127. The van der Waals surface area contributed by atoms with Gasteiger partial charge in [-0.15, -0.1) is 5.53 Å². The number of anilines is 2. The van der Waals surface area contributed by atoms with E-state index in [1.807, 2.05) is 28.7 Å². The molecule has 18 heavy (non-hydrogen) atoms. The molecule has 0 bridgehead atoms. The molecule has 0 aromatic heterocycles. The molecule has 0 saturated heterocycles. The first-order valence-corrected chi connectivity index (χ1v) is 6.76. The summed E-state index contributed by atoms with van der Waals surface area (Å²) in [7, 11) is 0. The number of nitrogens with zero attached hydrogens (tertiary/aromatic N) is 1. The van der Waals surface area contributed by atoms with Crippen LogP contribution in [0.15, 0.2) is 18.2 Å². The van der Waals surface area contributed by atoms with E-state index in [9.17, 15) is 9.50 Å². The van der Waals surface area contributed by atoms with Crippen molar-refractivity contribution in [3.05, 3.63) is 33.2 Å². The second kappa shape index (κ2) is 4.07. The summed E-state index contributed by atoms with van der Waals surface area (Å²) in [6.45, 7) is 2.14. The minimum Gasteiger partial charge on any atom is -0.384 e. The smallest absolute Gasteiger partial charge is 0.141 e. The van der Waals surface area contributed by atoms with Gasteiger partial charge < -0.3 is 10.5 Å². The predicted molar refractivity (Wildman–Crippen MR) is 76.7 cm³/mol.